The molecule has 1 aliphatic heterocycles. The molecule has 2 aromatic rings. The van der Waals surface area contributed by atoms with Gasteiger partial charge in [-0.15, -0.1) is 0 Å². The Balaban J connectivity index is 1.59. The van der Waals surface area contributed by atoms with E-state index >= 15 is 0 Å². The maximum Gasteiger partial charge on any atom is 0.418 e. The third-order valence-electron chi connectivity index (χ3n) is 3.44. The third-order valence-corrected chi connectivity index (χ3v) is 3.76. The zero-order valence-corrected chi connectivity index (χ0v) is 13.3. The molecule has 1 saturated heterocycles. The molecule has 1 amide bonds. The summed E-state index contributed by atoms with van der Waals surface area (Å²) in [7, 11) is 0. The second-order valence-electron chi connectivity index (χ2n) is 5.17. The van der Waals surface area contributed by atoms with Gasteiger partial charge < -0.3 is 14.4 Å². The molecule has 0 unspecified atom stereocenters. The standard InChI is InChI=1S/C15H16ClN3O4/c1-10-8-19(6-7-21-10)13(20)9-22-15-17-14(18-23-15)11-4-2-3-5-12(11)16/h2-5,10H,6-9H2,1H3/t10-/m1/s1. The van der Waals surface area contributed by atoms with Crippen LogP contribution in [0.25, 0.3) is 11.4 Å². The van der Waals surface area contributed by atoms with E-state index in [0.717, 1.165) is 0 Å². The highest BCUT2D eigenvalue weighted by Gasteiger charge is 2.22. The lowest BCUT2D eigenvalue weighted by Gasteiger charge is -2.30. The Bertz CT molecular complexity index is 691. The first-order chi connectivity index (χ1) is 11.1. The van der Waals surface area contributed by atoms with Gasteiger partial charge in [0.15, 0.2) is 6.61 Å². The van der Waals surface area contributed by atoms with Crippen molar-refractivity contribution in [1.29, 1.82) is 0 Å². The van der Waals surface area contributed by atoms with Gasteiger partial charge in [-0.25, -0.2) is 0 Å². The normalized spacial score (nSPS) is 18.0. The number of nitrogens with zero attached hydrogens (tertiary/aromatic N) is 3. The molecule has 23 heavy (non-hydrogen) atoms. The van der Waals surface area contributed by atoms with Crippen LogP contribution in [0, 0.1) is 0 Å². The minimum absolute atomic E-state index is 0.0305. The summed E-state index contributed by atoms with van der Waals surface area (Å²) in [6.45, 7) is 3.41. The summed E-state index contributed by atoms with van der Waals surface area (Å²) < 4.78 is 15.7. The number of hydrogen-bond acceptors (Lipinski definition) is 6. The molecule has 1 atom stereocenters. The molecule has 0 radical (unpaired) electrons. The first-order valence-corrected chi connectivity index (χ1v) is 7.62. The van der Waals surface area contributed by atoms with Gasteiger partial charge in [-0.3, -0.25) is 9.32 Å². The Morgan fingerprint density at radius 1 is 1.48 bits per heavy atom. The molecule has 1 aromatic heterocycles. The van der Waals surface area contributed by atoms with Crippen molar-refractivity contribution in [3.63, 3.8) is 0 Å². The number of benzene rings is 1. The van der Waals surface area contributed by atoms with Crippen molar-refractivity contribution in [2.75, 3.05) is 26.3 Å². The number of morpholine rings is 1. The molecular weight excluding hydrogens is 322 g/mol. The number of ether oxygens (including phenoxy) is 2. The van der Waals surface area contributed by atoms with Crippen molar-refractivity contribution in [1.82, 2.24) is 15.0 Å². The van der Waals surface area contributed by atoms with Gasteiger partial charge in [0.05, 0.1) is 17.7 Å². The fraction of sp³-hybridized carbons (Fsp3) is 0.400. The predicted octanol–water partition coefficient (Wildman–Crippen LogP) is 2.02. The fourth-order valence-corrected chi connectivity index (χ4v) is 2.50. The van der Waals surface area contributed by atoms with Crippen molar-refractivity contribution < 1.29 is 18.8 Å². The number of rotatable bonds is 4. The van der Waals surface area contributed by atoms with Crippen molar-refractivity contribution in [2.45, 2.75) is 13.0 Å². The Morgan fingerprint density at radius 2 is 2.30 bits per heavy atom. The molecule has 0 aliphatic carbocycles. The van der Waals surface area contributed by atoms with Gasteiger partial charge in [-0.1, -0.05) is 28.9 Å². The molecule has 0 saturated carbocycles. The second kappa shape index (κ2) is 6.97. The average Bonchev–Trinajstić information content (AvgIpc) is 3.02. The van der Waals surface area contributed by atoms with Crippen molar-refractivity contribution in [3.05, 3.63) is 29.3 Å². The van der Waals surface area contributed by atoms with E-state index in [9.17, 15) is 4.79 Å². The Hall–Kier alpha value is -2.12. The van der Waals surface area contributed by atoms with E-state index in [0.29, 0.717) is 36.1 Å². The summed E-state index contributed by atoms with van der Waals surface area (Å²) in [5, 5.41) is 4.32. The van der Waals surface area contributed by atoms with Crippen LogP contribution in [-0.4, -0.2) is 53.4 Å². The molecule has 0 bridgehead atoms. The van der Waals surface area contributed by atoms with Crippen LogP contribution in [-0.2, 0) is 9.53 Å². The molecule has 1 aliphatic rings. The molecule has 0 N–H and O–H groups in total. The summed E-state index contributed by atoms with van der Waals surface area (Å²) in [5.41, 5.74) is 0.640. The zero-order valence-electron chi connectivity index (χ0n) is 12.6. The highest BCUT2D eigenvalue weighted by molar-refractivity contribution is 6.33. The largest absolute Gasteiger partial charge is 0.439 e. The molecular formula is C15H16ClN3O4. The highest BCUT2D eigenvalue weighted by atomic mass is 35.5. The number of hydrogen-bond donors (Lipinski definition) is 0. The molecule has 1 fully saturated rings. The SMILES string of the molecule is C[C@@H]1CN(C(=O)COc2nc(-c3ccccc3Cl)no2)CCO1. The lowest BCUT2D eigenvalue weighted by molar-refractivity contribution is -0.140. The molecule has 0 spiro atoms. The zero-order chi connectivity index (χ0) is 16.2. The molecule has 2 heterocycles. The van der Waals surface area contributed by atoms with Gasteiger partial charge in [0.2, 0.25) is 5.82 Å². The summed E-state index contributed by atoms with van der Waals surface area (Å²) in [6.07, 6.45) is -0.0301. The van der Waals surface area contributed by atoms with Crippen LogP contribution in [0.3, 0.4) is 0 Å². The van der Waals surface area contributed by atoms with E-state index in [2.05, 4.69) is 10.1 Å². The first kappa shape index (κ1) is 15.8. The summed E-state index contributed by atoms with van der Waals surface area (Å²) in [6, 6.07) is 7.14. The number of carbonyl (C=O) groups excluding carboxylic acids is 1. The quantitative estimate of drug-likeness (QED) is 0.849. The Morgan fingerprint density at radius 3 is 3.09 bits per heavy atom. The van der Waals surface area contributed by atoms with Crippen LogP contribution in [0.1, 0.15) is 6.92 Å². The van der Waals surface area contributed by atoms with Crippen LogP contribution in [0.5, 0.6) is 6.08 Å². The number of carbonyl (C=O) groups is 1. The van der Waals surface area contributed by atoms with E-state index in [1.807, 2.05) is 19.1 Å². The van der Waals surface area contributed by atoms with Crippen LogP contribution in [0.15, 0.2) is 28.8 Å². The smallest absolute Gasteiger partial charge is 0.418 e. The maximum atomic E-state index is 12.1. The minimum atomic E-state index is -0.156. The molecule has 7 nitrogen and oxygen atoms in total. The number of aromatic nitrogens is 2. The number of halogens is 1. The second-order valence-corrected chi connectivity index (χ2v) is 5.58. The molecule has 122 valence electrons. The molecule has 3 rings (SSSR count). The van der Waals surface area contributed by atoms with Gasteiger partial charge in [-0.2, -0.15) is 4.98 Å². The molecule has 8 heteroatoms. The monoisotopic (exact) mass is 337 g/mol. The third kappa shape index (κ3) is 3.80. The van der Waals surface area contributed by atoms with Crippen LogP contribution < -0.4 is 4.74 Å². The van der Waals surface area contributed by atoms with Crippen molar-refractivity contribution >= 4 is 17.5 Å². The summed E-state index contributed by atoms with van der Waals surface area (Å²) in [5.74, 6) is 0.177. The Kier molecular flexibility index (Phi) is 4.78. The van der Waals surface area contributed by atoms with Gasteiger partial charge in [0, 0.05) is 18.7 Å². The van der Waals surface area contributed by atoms with Gasteiger partial charge in [0.25, 0.3) is 5.91 Å². The van der Waals surface area contributed by atoms with Crippen LogP contribution in [0.4, 0.5) is 0 Å². The van der Waals surface area contributed by atoms with E-state index in [-0.39, 0.29) is 24.7 Å². The lowest BCUT2D eigenvalue weighted by Crippen LogP contribution is -2.46. The lowest BCUT2D eigenvalue weighted by atomic mass is 10.2. The Labute approximate surface area is 138 Å². The molecule has 1 aromatic carbocycles. The van der Waals surface area contributed by atoms with Crippen molar-refractivity contribution in [2.24, 2.45) is 0 Å². The van der Waals surface area contributed by atoms with E-state index < -0.39 is 0 Å². The van der Waals surface area contributed by atoms with Crippen molar-refractivity contribution in [3.8, 4) is 17.5 Å². The topological polar surface area (TPSA) is 77.7 Å². The van der Waals surface area contributed by atoms with Gasteiger partial charge in [-0.05, 0) is 19.1 Å². The summed E-state index contributed by atoms with van der Waals surface area (Å²) in [4.78, 5) is 17.9. The van der Waals surface area contributed by atoms with E-state index in [1.54, 1.807) is 17.0 Å². The maximum absolute atomic E-state index is 12.1. The summed E-state index contributed by atoms with van der Waals surface area (Å²) >= 11 is 6.08. The van der Waals surface area contributed by atoms with E-state index in [1.165, 1.54) is 0 Å². The first-order valence-electron chi connectivity index (χ1n) is 7.24. The number of amides is 1. The van der Waals surface area contributed by atoms with Crippen LogP contribution in [0.2, 0.25) is 5.02 Å². The van der Waals surface area contributed by atoms with Gasteiger partial charge >= 0.3 is 6.08 Å². The average molecular weight is 338 g/mol. The van der Waals surface area contributed by atoms with Gasteiger partial charge in [0.1, 0.15) is 0 Å². The van der Waals surface area contributed by atoms with E-state index in [4.69, 9.17) is 25.6 Å². The minimum Gasteiger partial charge on any atom is -0.439 e. The van der Waals surface area contributed by atoms with Crippen LogP contribution >= 0.6 is 11.6 Å². The fourth-order valence-electron chi connectivity index (χ4n) is 2.28. The highest BCUT2D eigenvalue weighted by Crippen LogP contribution is 2.26. The predicted molar refractivity (Wildman–Crippen MR) is 82.2 cm³/mol.